The first-order valence-corrected chi connectivity index (χ1v) is 9.18. The molecule has 0 amide bonds. The van der Waals surface area contributed by atoms with E-state index in [1.54, 1.807) is 0 Å². The van der Waals surface area contributed by atoms with Crippen molar-refractivity contribution >= 4 is 7.82 Å². The maximum absolute atomic E-state index is 11.4. The van der Waals surface area contributed by atoms with E-state index >= 15 is 0 Å². The molecule has 0 radical (unpaired) electrons. The van der Waals surface area contributed by atoms with Crippen molar-refractivity contribution in [1.82, 2.24) is 0 Å². The third kappa shape index (κ3) is 16.7. The minimum atomic E-state index is -4.05. The maximum Gasteiger partial charge on any atom is 2.00 e. The van der Waals surface area contributed by atoms with Gasteiger partial charge in [0.1, 0.15) is 0 Å². The van der Waals surface area contributed by atoms with Gasteiger partial charge in [0.25, 0.3) is 7.82 Å². The molecule has 0 rings (SSSR count). The second-order valence-electron chi connectivity index (χ2n) is 4.94. The molecule has 0 aromatic heterocycles. The number of hydrogen-bond acceptors (Lipinski definition) is 4. The van der Waals surface area contributed by atoms with Gasteiger partial charge < -0.3 is 13.9 Å². The van der Waals surface area contributed by atoms with Crippen molar-refractivity contribution in [1.29, 1.82) is 0 Å². The predicted octanol–water partition coefficient (Wildman–Crippen LogP) is 4.43. The third-order valence-electron chi connectivity index (χ3n) is 2.99. The Morgan fingerprint density at radius 3 is 1.45 bits per heavy atom. The van der Waals surface area contributed by atoms with Gasteiger partial charge in [-0.05, 0) is 12.8 Å². The quantitative estimate of drug-likeness (QED) is 0.345. The molecule has 0 atom stereocenters. The van der Waals surface area contributed by atoms with Gasteiger partial charge in [-0.15, -0.1) is 0 Å². The van der Waals surface area contributed by atoms with E-state index in [1.807, 2.05) is 0 Å². The van der Waals surface area contributed by atoms with Crippen LogP contribution >= 0.6 is 7.82 Å². The van der Waals surface area contributed by atoms with Crippen molar-refractivity contribution in [2.75, 3.05) is 13.2 Å². The van der Waals surface area contributed by atoms with Crippen LogP contribution in [0.1, 0.15) is 78.1 Å². The summed E-state index contributed by atoms with van der Waals surface area (Å²) in [4.78, 5) is 11.4. The largest absolute Gasteiger partial charge is 2.00 e. The summed E-state index contributed by atoms with van der Waals surface area (Å²) >= 11 is 0. The van der Waals surface area contributed by atoms with Crippen molar-refractivity contribution in [3.8, 4) is 0 Å². The predicted molar refractivity (Wildman–Crippen MR) is 77.0 cm³/mol. The van der Waals surface area contributed by atoms with Gasteiger partial charge in [0, 0.05) is 0 Å². The first-order valence-electron chi connectivity index (χ1n) is 7.72. The maximum atomic E-state index is 11.4. The van der Waals surface area contributed by atoms with Gasteiger partial charge in [0.15, 0.2) is 0 Å². The summed E-state index contributed by atoms with van der Waals surface area (Å²) < 4.78 is 21.0. The normalized spacial score (nSPS) is 11.3. The minimum Gasteiger partial charge on any atom is -0.756 e. The average molecular weight is 345 g/mol. The third-order valence-corrected chi connectivity index (χ3v) is 3.99. The topological polar surface area (TPSA) is 58.6 Å². The molecular formula is C14H30CrO4P+. The van der Waals surface area contributed by atoms with Crippen molar-refractivity contribution in [3.63, 3.8) is 0 Å². The van der Waals surface area contributed by atoms with E-state index in [0.29, 0.717) is 0 Å². The molecule has 0 spiro atoms. The first-order chi connectivity index (χ1) is 9.12. The fraction of sp³-hybridized carbons (Fsp3) is 1.00. The minimum absolute atomic E-state index is 0. The molecular weight excluding hydrogens is 315 g/mol. The van der Waals surface area contributed by atoms with Crippen LogP contribution in [-0.2, 0) is 31.0 Å². The molecule has 120 valence electrons. The second-order valence-corrected chi connectivity index (χ2v) is 6.35. The number of hydrogen-bond donors (Lipinski definition) is 0. The summed E-state index contributed by atoms with van der Waals surface area (Å²) in [6.45, 7) is 4.80. The van der Waals surface area contributed by atoms with E-state index in [1.165, 1.54) is 25.7 Å². The van der Waals surface area contributed by atoms with Crippen LogP contribution in [0, 0.1) is 0 Å². The zero-order valence-electron chi connectivity index (χ0n) is 13.0. The zero-order chi connectivity index (χ0) is 14.4. The van der Waals surface area contributed by atoms with E-state index in [-0.39, 0.29) is 30.6 Å². The zero-order valence-corrected chi connectivity index (χ0v) is 15.1. The molecule has 0 heterocycles. The van der Waals surface area contributed by atoms with Crippen LogP contribution in [0.3, 0.4) is 0 Å². The molecule has 4 nitrogen and oxygen atoms in total. The van der Waals surface area contributed by atoms with E-state index in [2.05, 4.69) is 13.8 Å². The van der Waals surface area contributed by atoms with Crippen LogP contribution in [0.5, 0.6) is 0 Å². The number of rotatable bonds is 14. The Balaban J connectivity index is 0. The molecule has 0 saturated carbocycles. The molecule has 0 aliphatic carbocycles. The van der Waals surface area contributed by atoms with Crippen molar-refractivity contribution < 1.29 is 35.9 Å². The standard InChI is InChI=1S/C14H31O4P.Cr/c1-3-5-7-9-11-13-17-19(15,16)18-14-12-10-8-6-4-2;/h3-14H2,1-2H3,(H,15,16);/q;+2/p-1. The van der Waals surface area contributed by atoms with Gasteiger partial charge in [0.05, 0.1) is 13.2 Å². The summed E-state index contributed by atoms with van der Waals surface area (Å²) in [6.07, 6.45) is 10.6. The number of unbranched alkanes of at least 4 members (excludes halogenated alkanes) is 8. The van der Waals surface area contributed by atoms with Crippen LogP contribution in [-0.4, -0.2) is 13.2 Å². The van der Waals surface area contributed by atoms with E-state index < -0.39 is 7.82 Å². The molecule has 0 fully saturated rings. The van der Waals surface area contributed by atoms with Crippen LogP contribution in [0.4, 0.5) is 0 Å². The molecule has 0 aromatic carbocycles. The summed E-state index contributed by atoms with van der Waals surface area (Å²) in [5.41, 5.74) is 0. The molecule has 0 aliphatic heterocycles. The van der Waals surface area contributed by atoms with Gasteiger partial charge in [-0.3, -0.25) is 4.57 Å². The van der Waals surface area contributed by atoms with Crippen molar-refractivity contribution in [2.24, 2.45) is 0 Å². The summed E-state index contributed by atoms with van der Waals surface area (Å²) in [5, 5.41) is 0. The molecule has 0 bridgehead atoms. The van der Waals surface area contributed by atoms with E-state index in [4.69, 9.17) is 9.05 Å². The van der Waals surface area contributed by atoms with Crippen LogP contribution in [0.15, 0.2) is 0 Å². The summed E-state index contributed by atoms with van der Waals surface area (Å²) in [7, 11) is -4.05. The van der Waals surface area contributed by atoms with Crippen molar-refractivity contribution in [2.45, 2.75) is 78.1 Å². The molecule has 0 aromatic rings. The Morgan fingerprint density at radius 1 is 0.750 bits per heavy atom. The monoisotopic (exact) mass is 345 g/mol. The summed E-state index contributed by atoms with van der Waals surface area (Å²) in [5.74, 6) is 0. The Bertz CT molecular complexity index is 219. The first kappa shape index (κ1) is 22.9. The Labute approximate surface area is 135 Å². The fourth-order valence-corrected chi connectivity index (χ4v) is 2.58. The van der Waals surface area contributed by atoms with Gasteiger partial charge >= 0.3 is 17.4 Å². The van der Waals surface area contributed by atoms with Gasteiger partial charge in [-0.1, -0.05) is 65.2 Å². The number of phosphoric ester groups is 1. The Morgan fingerprint density at radius 2 is 1.10 bits per heavy atom. The van der Waals surface area contributed by atoms with Crippen molar-refractivity contribution in [3.05, 3.63) is 0 Å². The Kier molecular flexibility index (Phi) is 18.4. The summed E-state index contributed by atoms with van der Waals surface area (Å²) in [6, 6.07) is 0. The van der Waals surface area contributed by atoms with Gasteiger partial charge in [0.2, 0.25) is 0 Å². The van der Waals surface area contributed by atoms with E-state index in [9.17, 15) is 9.46 Å². The van der Waals surface area contributed by atoms with Crippen LogP contribution in [0.2, 0.25) is 0 Å². The SMILES string of the molecule is CCCCCCCOP(=O)([O-])OCCCCCCC.[Cr+2]. The van der Waals surface area contributed by atoms with Crippen LogP contribution in [0.25, 0.3) is 0 Å². The molecule has 0 aliphatic rings. The second kappa shape index (κ2) is 16.0. The smallest absolute Gasteiger partial charge is 0.756 e. The molecule has 6 heteroatoms. The molecule has 20 heavy (non-hydrogen) atoms. The van der Waals surface area contributed by atoms with Crippen LogP contribution < -0.4 is 4.89 Å². The number of phosphoric acid groups is 1. The van der Waals surface area contributed by atoms with Gasteiger partial charge in [-0.2, -0.15) is 0 Å². The fourth-order valence-electron chi connectivity index (χ4n) is 1.80. The molecule has 0 unspecified atom stereocenters. The Hall–Kier alpha value is 0.642. The molecule has 0 N–H and O–H groups in total. The van der Waals surface area contributed by atoms with E-state index in [0.717, 1.165) is 38.5 Å². The average Bonchev–Trinajstić information content (AvgIpc) is 2.38. The van der Waals surface area contributed by atoms with Gasteiger partial charge in [-0.25, -0.2) is 0 Å². The molecule has 0 saturated heterocycles.